The first-order chi connectivity index (χ1) is 9.10. The van der Waals surface area contributed by atoms with Crippen LogP contribution < -0.4 is 11.1 Å². The maximum absolute atomic E-state index is 11.6. The lowest BCUT2D eigenvalue weighted by molar-refractivity contribution is 0.0601. The molecule has 7 heteroatoms. The maximum atomic E-state index is 11.6. The molecule has 2 rings (SSSR count). The molecule has 100 valence electrons. The van der Waals surface area contributed by atoms with Crippen LogP contribution in [0.1, 0.15) is 15.2 Å². The van der Waals surface area contributed by atoms with Crippen LogP contribution in [0, 0.1) is 0 Å². The van der Waals surface area contributed by atoms with Crippen LogP contribution in [0.4, 0.5) is 11.5 Å². The predicted molar refractivity (Wildman–Crippen MR) is 76.6 cm³/mol. The van der Waals surface area contributed by atoms with Gasteiger partial charge in [0.1, 0.15) is 11.4 Å². The highest BCUT2D eigenvalue weighted by Gasteiger charge is 2.13. The number of halogens is 1. The molecule has 0 radical (unpaired) electrons. The van der Waals surface area contributed by atoms with Crippen LogP contribution in [-0.4, -0.2) is 18.1 Å². The quantitative estimate of drug-likeness (QED) is 0.849. The highest BCUT2D eigenvalue weighted by molar-refractivity contribution is 7.16. The molecule has 2 aromatic rings. The van der Waals surface area contributed by atoms with E-state index < -0.39 is 5.97 Å². The van der Waals surface area contributed by atoms with E-state index in [0.717, 1.165) is 9.21 Å². The van der Waals surface area contributed by atoms with E-state index in [-0.39, 0.29) is 0 Å². The second-order valence-corrected chi connectivity index (χ2v) is 5.52. The summed E-state index contributed by atoms with van der Waals surface area (Å²) >= 11 is 7.32. The van der Waals surface area contributed by atoms with E-state index in [0.29, 0.717) is 23.6 Å². The Labute approximate surface area is 119 Å². The fourth-order valence-corrected chi connectivity index (χ4v) is 2.53. The molecule has 3 N–H and O–H groups in total. The third-order valence-electron chi connectivity index (χ3n) is 2.37. The standard InChI is InChI=1S/C12H12ClN3O2S/c1-18-12(17)9-4-7(14)5-15-11(9)16-6-8-2-3-10(13)19-8/h2-5H,6,14H2,1H3,(H,15,16). The van der Waals surface area contributed by atoms with Gasteiger partial charge in [-0.3, -0.25) is 0 Å². The first-order valence-electron chi connectivity index (χ1n) is 5.42. The molecule has 0 saturated carbocycles. The second-order valence-electron chi connectivity index (χ2n) is 3.72. The Morgan fingerprint density at radius 2 is 2.37 bits per heavy atom. The summed E-state index contributed by atoms with van der Waals surface area (Å²) in [6.45, 7) is 0.526. The summed E-state index contributed by atoms with van der Waals surface area (Å²) in [6.07, 6.45) is 1.48. The van der Waals surface area contributed by atoms with Gasteiger partial charge in [-0.2, -0.15) is 0 Å². The van der Waals surface area contributed by atoms with Crippen LogP contribution in [0.25, 0.3) is 0 Å². The number of carbonyl (C=O) groups is 1. The number of nitrogens with one attached hydrogen (secondary N) is 1. The summed E-state index contributed by atoms with van der Waals surface area (Å²) in [4.78, 5) is 16.8. The van der Waals surface area contributed by atoms with Crippen molar-refractivity contribution in [2.24, 2.45) is 0 Å². The zero-order valence-corrected chi connectivity index (χ0v) is 11.7. The number of hydrogen-bond donors (Lipinski definition) is 2. The number of nitrogen functional groups attached to an aromatic ring is 1. The number of anilines is 2. The Bertz CT molecular complexity index is 600. The first-order valence-corrected chi connectivity index (χ1v) is 6.61. The van der Waals surface area contributed by atoms with E-state index in [1.165, 1.54) is 30.7 Å². The Hall–Kier alpha value is -1.79. The molecule has 5 nitrogen and oxygen atoms in total. The molecule has 0 aromatic carbocycles. The minimum absolute atomic E-state index is 0.310. The van der Waals surface area contributed by atoms with Crippen molar-refractivity contribution in [1.82, 2.24) is 4.98 Å². The van der Waals surface area contributed by atoms with Gasteiger partial charge in [-0.1, -0.05) is 11.6 Å². The van der Waals surface area contributed by atoms with Crippen molar-refractivity contribution in [3.05, 3.63) is 39.2 Å². The number of ether oxygens (including phenoxy) is 1. The topological polar surface area (TPSA) is 77.2 Å². The molecule has 0 atom stereocenters. The molecule has 0 aliphatic rings. The van der Waals surface area contributed by atoms with Crippen molar-refractivity contribution in [2.75, 3.05) is 18.2 Å². The van der Waals surface area contributed by atoms with Crippen LogP contribution in [-0.2, 0) is 11.3 Å². The molecule has 0 aliphatic carbocycles. The van der Waals surface area contributed by atoms with Gasteiger partial charge in [0.05, 0.1) is 29.9 Å². The molecular formula is C12H12ClN3O2S. The zero-order valence-electron chi connectivity index (χ0n) is 10.1. The number of nitrogens with two attached hydrogens (primary N) is 1. The number of rotatable bonds is 4. The lowest BCUT2D eigenvalue weighted by atomic mass is 10.2. The summed E-state index contributed by atoms with van der Waals surface area (Å²) in [6, 6.07) is 5.26. The van der Waals surface area contributed by atoms with Crippen molar-refractivity contribution < 1.29 is 9.53 Å². The lowest BCUT2D eigenvalue weighted by Crippen LogP contribution is -2.10. The predicted octanol–water partition coefficient (Wildman–Crippen LogP) is 2.78. The van der Waals surface area contributed by atoms with Crippen molar-refractivity contribution in [2.45, 2.75) is 6.54 Å². The Kier molecular flexibility index (Phi) is 4.24. The Morgan fingerprint density at radius 1 is 1.58 bits per heavy atom. The average Bonchev–Trinajstić information content (AvgIpc) is 2.82. The van der Waals surface area contributed by atoms with E-state index in [1.54, 1.807) is 0 Å². The number of nitrogens with zero attached hydrogens (tertiary/aromatic N) is 1. The Balaban J connectivity index is 2.17. The lowest BCUT2D eigenvalue weighted by Gasteiger charge is -2.09. The van der Waals surface area contributed by atoms with Crippen molar-refractivity contribution >= 4 is 40.4 Å². The van der Waals surface area contributed by atoms with Crippen molar-refractivity contribution in [1.29, 1.82) is 0 Å². The van der Waals surface area contributed by atoms with Gasteiger partial charge in [-0.15, -0.1) is 11.3 Å². The van der Waals surface area contributed by atoms with Crippen LogP contribution >= 0.6 is 22.9 Å². The number of pyridine rings is 1. The number of hydrogen-bond acceptors (Lipinski definition) is 6. The van der Waals surface area contributed by atoms with Crippen molar-refractivity contribution in [3.8, 4) is 0 Å². The molecule has 19 heavy (non-hydrogen) atoms. The van der Waals surface area contributed by atoms with Crippen LogP contribution in [0.3, 0.4) is 0 Å². The normalized spacial score (nSPS) is 10.2. The number of carbonyl (C=O) groups excluding carboxylic acids is 1. The van der Waals surface area contributed by atoms with Gasteiger partial charge < -0.3 is 15.8 Å². The minimum Gasteiger partial charge on any atom is -0.465 e. The summed E-state index contributed by atoms with van der Waals surface area (Å²) in [7, 11) is 1.31. The van der Waals surface area contributed by atoms with Crippen LogP contribution in [0.5, 0.6) is 0 Å². The second kappa shape index (κ2) is 5.90. The number of aromatic nitrogens is 1. The third kappa shape index (κ3) is 3.36. The summed E-state index contributed by atoms with van der Waals surface area (Å²) in [5, 5.41) is 3.07. The van der Waals surface area contributed by atoms with E-state index in [2.05, 4.69) is 10.3 Å². The molecular weight excluding hydrogens is 286 g/mol. The smallest absolute Gasteiger partial charge is 0.341 e. The molecule has 0 fully saturated rings. The third-order valence-corrected chi connectivity index (χ3v) is 3.60. The van der Waals surface area contributed by atoms with Gasteiger partial charge in [-0.25, -0.2) is 9.78 Å². The van der Waals surface area contributed by atoms with Gasteiger partial charge in [0.2, 0.25) is 0 Å². The highest BCUT2D eigenvalue weighted by atomic mass is 35.5. The van der Waals surface area contributed by atoms with Crippen LogP contribution in [0.2, 0.25) is 4.34 Å². The molecule has 0 bridgehead atoms. The van der Waals surface area contributed by atoms with E-state index in [9.17, 15) is 4.79 Å². The number of thiophene rings is 1. The molecule has 0 amide bonds. The fraction of sp³-hybridized carbons (Fsp3) is 0.167. The summed E-state index contributed by atoms with van der Waals surface area (Å²) in [5.74, 6) is -0.0444. The SMILES string of the molecule is COC(=O)c1cc(N)cnc1NCc1ccc(Cl)s1. The largest absolute Gasteiger partial charge is 0.465 e. The molecule has 0 saturated heterocycles. The van der Waals surface area contributed by atoms with E-state index in [4.69, 9.17) is 22.1 Å². The summed E-state index contributed by atoms with van der Waals surface area (Å²) in [5.41, 5.74) is 6.33. The zero-order chi connectivity index (χ0) is 13.8. The number of methoxy groups -OCH3 is 1. The molecule has 0 spiro atoms. The highest BCUT2D eigenvalue weighted by Crippen LogP contribution is 2.23. The number of esters is 1. The van der Waals surface area contributed by atoms with E-state index >= 15 is 0 Å². The van der Waals surface area contributed by atoms with Crippen molar-refractivity contribution in [3.63, 3.8) is 0 Å². The summed E-state index contributed by atoms with van der Waals surface area (Å²) < 4.78 is 5.41. The molecule has 0 unspecified atom stereocenters. The molecule has 2 heterocycles. The van der Waals surface area contributed by atoms with E-state index in [1.807, 2.05) is 12.1 Å². The maximum Gasteiger partial charge on any atom is 0.341 e. The van der Waals surface area contributed by atoms with Crippen LogP contribution in [0.15, 0.2) is 24.4 Å². The van der Waals surface area contributed by atoms with Gasteiger partial charge in [0.25, 0.3) is 0 Å². The molecule has 0 aliphatic heterocycles. The first kappa shape index (κ1) is 13.6. The fourth-order valence-electron chi connectivity index (χ4n) is 1.50. The van der Waals surface area contributed by atoms with Gasteiger partial charge in [0, 0.05) is 4.88 Å². The monoisotopic (exact) mass is 297 g/mol. The van der Waals surface area contributed by atoms with Gasteiger partial charge in [0.15, 0.2) is 0 Å². The van der Waals surface area contributed by atoms with Gasteiger partial charge in [-0.05, 0) is 18.2 Å². The minimum atomic E-state index is -0.480. The van der Waals surface area contributed by atoms with Gasteiger partial charge >= 0.3 is 5.97 Å². The average molecular weight is 298 g/mol. The molecule has 2 aromatic heterocycles. The Morgan fingerprint density at radius 3 is 3.00 bits per heavy atom.